The summed E-state index contributed by atoms with van der Waals surface area (Å²) in [4.78, 5) is 9.49. The fraction of sp³-hybridized carbons (Fsp3) is 0. The van der Waals surface area contributed by atoms with E-state index in [4.69, 9.17) is 5.73 Å². The first-order chi connectivity index (χ1) is 10.2. The van der Waals surface area contributed by atoms with Crippen LogP contribution in [0.4, 0.5) is 10.2 Å². The zero-order valence-electron chi connectivity index (χ0n) is 11.0. The number of benzene rings is 2. The molecule has 0 saturated heterocycles. The molecule has 0 atom stereocenters. The average Bonchev–Trinajstić information content (AvgIpc) is 2.47. The maximum Gasteiger partial charge on any atom is 0.162 e. The average molecular weight is 297 g/mol. The predicted molar refractivity (Wildman–Crippen MR) is 82.4 cm³/mol. The number of nitrogens with two attached hydrogens (primary N) is 1. The van der Waals surface area contributed by atoms with Gasteiger partial charge in [-0.25, -0.2) is 14.4 Å². The molecule has 0 aliphatic heterocycles. The number of anilines is 1. The third kappa shape index (κ3) is 3.38. The van der Waals surface area contributed by atoms with Crippen molar-refractivity contribution in [2.24, 2.45) is 0 Å². The molecule has 0 fully saturated rings. The Morgan fingerprint density at radius 1 is 0.905 bits per heavy atom. The van der Waals surface area contributed by atoms with Gasteiger partial charge >= 0.3 is 0 Å². The highest BCUT2D eigenvalue weighted by Gasteiger charge is 2.07. The third-order valence-electron chi connectivity index (χ3n) is 2.77. The second-order valence-electron chi connectivity index (χ2n) is 4.38. The summed E-state index contributed by atoms with van der Waals surface area (Å²) in [6.07, 6.45) is 0. The molecule has 0 saturated carbocycles. The van der Waals surface area contributed by atoms with E-state index in [-0.39, 0.29) is 5.82 Å². The summed E-state index contributed by atoms with van der Waals surface area (Å²) in [6, 6.07) is 17.7. The van der Waals surface area contributed by atoms with Gasteiger partial charge in [-0.2, -0.15) is 0 Å². The first-order valence-corrected chi connectivity index (χ1v) is 7.16. The molecule has 0 aliphatic rings. The lowest BCUT2D eigenvalue weighted by Gasteiger charge is -2.06. The summed E-state index contributed by atoms with van der Waals surface area (Å²) in [5, 5.41) is 0.687. The van der Waals surface area contributed by atoms with Gasteiger partial charge in [0.1, 0.15) is 16.7 Å². The molecule has 0 spiro atoms. The number of hydrogen-bond acceptors (Lipinski definition) is 4. The Morgan fingerprint density at radius 2 is 1.71 bits per heavy atom. The van der Waals surface area contributed by atoms with Crippen molar-refractivity contribution in [2.45, 2.75) is 9.92 Å². The highest BCUT2D eigenvalue weighted by Crippen LogP contribution is 2.29. The van der Waals surface area contributed by atoms with Crippen molar-refractivity contribution >= 4 is 17.6 Å². The molecule has 104 valence electrons. The molecule has 3 aromatic rings. The summed E-state index contributed by atoms with van der Waals surface area (Å²) >= 11 is 1.35. The molecule has 3 nitrogen and oxygen atoms in total. The molecule has 3 rings (SSSR count). The van der Waals surface area contributed by atoms with Gasteiger partial charge in [-0.05, 0) is 18.2 Å². The van der Waals surface area contributed by atoms with Gasteiger partial charge in [0.15, 0.2) is 5.82 Å². The Bertz CT molecular complexity index is 762. The van der Waals surface area contributed by atoms with Crippen molar-refractivity contribution in [1.82, 2.24) is 9.97 Å². The number of nitrogen functional groups attached to an aromatic ring is 1. The van der Waals surface area contributed by atoms with Crippen LogP contribution < -0.4 is 5.73 Å². The fourth-order valence-electron chi connectivity index (χ4n) is 1.86. The first-order valence-electron chi connectivity index (χ1n) is 6.34. The van der Waals surface area contributed by atoms with Gasteiger partial charge in [-0.3, -0.25) is 0 Å². The Labute approximate surface area is 126 Å². The Morgan fingerprint density at radius 3 is 2.48 bits per heavy atom. The number of halogens is 1. The highest BCUT2D eigenvalue weighted by atomic mass is 32.2. The second-order valence-corrected chi connectivity index (χ2v) is 5.47. The Kier molecular flexibility index (Phi) is 3.83. The van der Waals surface area contributed by atoms with Crippen LogP contribution in [0, 0.1) is 5.82 Å². The molecular formula is C16H12FN3S. The summed E-state index contributed by atoms with van der Waals surface area (Å²) in [5.41, 5.74) is 6.74. The summed E-state index contributed by atoms with van der Waals surface area (Å²) in [6.45, 7) is 0. The van der Waals surface area contributed by atoms with Crippen LogP contribution in [0.2, 0.25) is 0 Å². The van der Waals surface area contributed by atoms with Crippen LogP contribution in [0.25, 0.3) is 11.4 Å². The van der Waals surface area contributed by atoms with Crippen LogP contribution in [0.15, 0.2) is 70.6 Å². The lowest BCUT2D eigenvalue weighted by atomic mass is 10.2. The quantitative estimate of drug-likeness (QED) is 0.742. The van der Waals surface area contributed by atoms with Crippen molar-refractivity contribution in [1.29, 1.82) is 0 Å². The van der Waals surface area contributed by atoms with Crippen LogP contribution in [0.1, 0.15) is 0 Å². The molecule has 2 aromatic carbocycles. The standard InChI is InChI=1S/C16H12FN3S/c17-12-7-4-8-13(9-12)21-15-10-14(18)19-16(20-15)11-5-2-1-3-6-11/h1-10H,(H2,18,19,20). The number of nitrogens with zero attached hydrogens (tertiary/aromatic N) is 2. The van der Waals surface area contributed by atoms with E-state index in [1.807, 2.05) is 36.4 Å². The van der Waals surface area contributed by atoms with Gasteiger partial charge in [0.2, 0.25) is 0 Å². The number of hydrogen-bond donors (Lipinski definition) is 1. The normalized spacial score (nSPS) is 10.5. The van der Waals surface area contributed by atoms with Gasteiger partial charge in [-0.1, -0.05) is 48.2 Å². The molecule has 1 aromatic heterocycles. The molecule has 2 N–H and O–H groups in total. The van der Waals surface area contributed by atoms with Crippen molar-refractivity contribution in [3.63, 3.8) is 0 Å². The lowest BCUT2D eigenvalue weighted by Crippen LogP contribution is -1.97. The van der Waals surface area contributed by atoms with E-state index >= 15 is 0 Å². The van der Waals surface area contributed by atoms with E-state index in [0.717, 1.165) is 10.5 Å². The van der Waals surface area contributed by atoms with Crippen LogP contribution >= 0.6 is 11.8 Å². The summed E-state index contributed by atoms with van der Waals surface area (Å²) in [7, 11) is 0. The van der Waals surface area contributed by atoms with E-state index < -0.39 is 0 Å². The Hall–Kier alpha value is -2.40. The van der Waals surface area contributed by atoms with Gasteiger partial charge in [0.05, 0.1) is 0 Å². The molecular weight excluding hydrogens is 285 g/mol. The molecule has 0 bridgehead atoms. The molecule has 0 unspecified atom stereocenters. The largest absolute Gasteiger partial charge is 0.384 e. The smallest absolute Gasteiger partial charge is 0.162 e. The van der Waals surface area contributed by atoms with Crippen molar-refractivity contribution in [3.8, 4) is 11.4 Å². The van der Waals surface area contributed by atoms with Crippen LogP contribution in [0.3, 0.4) is 0 Å². The van der Waals surface area contributed by atoms with Gasteiger partial charge < -0.3 is 5.73 Å². The first kappa shape index (κ1) is 13.6. The van der Waals surface area contributed by atoms with Crippen LogP contribution in [-0.4, -0.2) is 9.97 Å². The zero-order valence-corrected chi connectivity index (χ0v) is 11.8. The van der Waals surface area contributed by atoms with Gasteiger partial charge in [-0.15, -0.1) is 0 Å². The van der Waals surface area contributed by atoms with E-state index in [9.17, 15) is 4.39 Å². The van der Waals surface area contributed by atoms with E-state index in [1.165, 1.54) is 23.9 Å². The number of aromatic nitrogens is 2. The molecule has 5 heteroatoms. The fourth-order valence-corrected chi connectivity index (χ4v) is 2.73. The van der Waals surface area contributed by atoms with E-state index in [2.05, 4.69) is 9.97 Å². The van der Waals surface area contributed by atoms with Crippen molar-refractivity contribution < 1.29 is 4.39 Å². The Balaban J connectivity index is 1.95. The molecule has 1 heterocycles. The van der Waals surface area contributed by atoms with Crippen molar-refractivity contribution in [2.75, 3.05) is 5.73 Å². The predicted octanol–water partition coefficient (Wildman–Crippen LogP) is 4.02. The van der Waals surface area contributed by atoms with E-state index in [1.54, 1.807) is 12.1 Å². The van der Waals surface area contributed by atoms with Crippen LogP contribution in [0.5, 0.6) is 0 Å². The monoisotopic (exact) mass is 297 g/mol. The van der Waals surface area contributed by atoms with E-state index in [0.29, 0.717) is 16.7 Å². The molecule has 0 amide bonds. The van der Waals surface area contributed by atoms with Gasteiger partial charge in [0.25, 0.3) is 0 Å². The summed E-state index contributed by atoms with van der Waals surface area (Å²) < 4.78 is 13.2. The minimum atomic E-state index is -0.273. The van der Waals surface area contributed by atoms with Gasteiger partial charge in [0, 0.05) is 16.5 Å². The molecule has 21 heavy (non-hydrogen) atoms. The topological polar surface area (TPSA) is 51.8 Å². The molecule has 0 radical (unpaired) electrons. The summed E-state index contributed by atoms with van der Waals surface area (Å²) in [5.74, 6) is 0.683. The number of rotatable bonds is 3. The minimum Gasteiger partial charge on any atom is -0.384 e. The second kappa shape index (κ2) is 5.93. The van der Waals surface area contributed by atoms with Crippen LogP contribution in [-0.2, 0) is 0 Å². The SMILES string of the molecule is Nc1cc(Sc2cccc(F)c2)nc(-c2ccccc2)n1. The zero-order chi connectivity index (χ0) is 14.7. The molecule has 0 aliphatic carbocycles. The maximum absolute atomic E-state index is 13.2. The highest BCUT2D eigenvalue weighted by molar-refractivity contribution is 7.99. The lowest BCUT2D eigenvalue weighted by molar-refractivity contribution is 0.624. The van der Waals surface area contributed by atoms with Crippen molar-refractivity contribution in [3.05, 3.63) is 66.5 Å². The maximum atomic E-state index is 13.2. The minimum absolute atomic E-state index is 0.273. The third-order valence-corrected chi connectivity index (χ3v) is 3.68.